The van der Waals surface area contributed by atoms with Crippen molar-refractivity contribution in [3.05, 3.63) is 34.3 Å². The van der Waals surface area contributed by atoms with Crippen LogP contribution < -0.4 is 10.1 Å². The molecule has 2 aromatic rings. The molecule has 0 spiro atoms. The van der Waals surface area contributed by atoms with Crippen molar-refractivity contribution < 1.29 is 9.53 Å². The molecule has 1 aromatic carbocycles. The molecule has 22 heavy (non-hydrogen) atoms. The van der Waals surface area contributed by atoms with Crippen LogP contribution in [0.3, 0.4) is 0 Å². The number of carbonyl (C=O) groups excluding carboxylic acids is 1. The van der Waals surface area contributed by atoms with Crippen molar-refractivity contribution in [1.82, 2.24) is 10.2 Å². The molecule has 0 aliphatic carbocycles. The number of carbonyl (C=O) groups is 1. The van der Waals surface area contributed by atoms with Gasteiger partial charge in [0.25, 0.3) is 0 Å². The number of amides is 1. The minimum Gasteiger partial charge on any atom is -0.493 e. The Bertz CT molecular complexity index is 601. The first-order valence-electron chi connectivity index (χ1n) is 7.18. The number of nitrogens with one attached hydrogen (secondary N) is 1. The second kappa shape index (κ2) is 8.70. The summed E-state index contributed by atoms with van der Waals surface area (Å²) in [5, 5.41) is 12.9. The Morgan fingerprint density at radius 3 is 2.82 bits per heavy atom. The number of aromatic nitrogens is 2. The van der Waals surface area contributed by atoms with Gasteiger partial charge in [0.15, 0.2) is 0 Å². The summed E-state index contributed by atoms with van der Waals surface area (Å²) in [5.74, 6) is 0.558. The zero-order valence-corrected chi connectivity index (χ0v) is 13.9. The Balaban J connectivity index is 1.71. The van der Waals surface area contributed by atoms with E-state index in [2.05, 4.69) is 22.4 Å². The topological polar surface area (TPSA) is 64.1 Å². The maximum atomic E-state index is 11.8. The third-order valence-electron chi connectivity index (χ3n) is 2.87. The fourth-order valence-electron chi connectivity index (χ4n) is 1.71. The van der Waals surface area contributed by atoms with Crippen LogP contribution in [0.5, 0.6) is 5.75 Å². The van der Waals surface area contributed by atoms with E-state index in [0.717, 1.165) is 24.3 Å². The molecule has 0 aliphatic heterocycles. The molecule has 1 N–H and O–H groups in total. The lowest BCUT2D eigenvalue weighted by Gasteiger charge is -2.05. The number of aryl methyl sites for hydroxylation is 1. The fraction of sp³-hybridized carbons (Fsp3) is 0.400. The van der Waals surface area contributed by atoms with Gasteiger partial charge in [0.1, 0.15) is 10.8 Å². The van der Waals surface area contributed by atoms with Gasteiger partial charge in [-0.1, -0.05) is 36.3 Å². The summed E-state index contributed by atoms with van der Waals surface area (Å²) in [6.07, 6.45) is 3.36. The van der Waals surface area contributed by atoms with Crippen LogP contribution in [0.15, 0.2) is 24.3 Å². The average Bonchev–Trinajstić information content (AvgIpc) is 2.94. The first-order valence-corrected chi connectivity index (χ1v) is 8.37. The van der Waals surface area contributed by atoms with E-state index in [1.54, 1.807) is 24.3 Å². The van der Waals surface area contributed by atoms with Crippen molar-refractivity contribution in [2.45, 2.75) is 32.6 Å². The van der Waals surface area contributed by atoms with Gasteiger partial charge in [-0.3, -0.25) is 4.79 Å². The number of halogens is 1. The first kappa shape index (κ1) is 16.7. The summed E-state index contributed by atoms with van der Waals surface area (Å²) in [5.41, 5.74) is 0. The maximum Gasteiger partial charge on any atom is 0.229 e. The summed E-state index contributed by atoms with van der Waals surface area (Å²) < 4.78 is 5.48. The van der Waals surface area contributed by atoms with Crippen molar-refractivity contribution in [2.75, 3.05) is 11.9 Å². The minimum atomic E-state index is -0.132. The molecule has 0 radical (unpaired) electrons. The molecule has 0 saturated carbocycles. The highest BCUT2D eigenvalue weighted by Crippen LogP contribution is 2.18. The third kappa shape index (κ3) is 5.61. The third-order valence-corrected chi connectivity index (χ3v) is 4.02. The second-order valence-electron chi connectivity index (χ2n) is 4.71. The molecule has 1 amide bonds. The van der Waals surface area contributed by atoms with Gasteiger partial charge in [-0.25, -0.2) is 0 Å². The number of hydrogen-bond donors (Lipinski definition) is 1. The Kier molecular flexibility index (Phi) is 6.61. The van der Waals surface area contributed by atoms with Gasteiger partial charge >= 0.3 is 0 Å². The van der Waals surface area contributed by atoms with Gasteiger partial charge in [0.05, 0.1) is 13.0 Å². The minimum absolute atomic E-state index is 0.132. The van der Waals surface area contributed by atoms with Crippen LogP contribution in [0, 0.1) is 0 Å². The largest absolute Gasteiger partial charge is 0.493 e. The summed E-state index contributed by atoms with van der Waals surface area (Å²) in [6.45, 7) is 2.43. The Labute approximate surface area is 138 Å². The van der Waals surface area contributed by atoms with Crippen molar-refractivity contribution in [2.24, 2.45) is 0 Å². The number of rotatable bonds is 8. The van der Waals surface area contributed by atoms with Crippen molar-refractivity contribution in [3.8, 4) is 5.75 Å². The van der Waals surface area contributed by atoms with Gasteiger partial charge in [0.2, 0.25) is 11.0 Å². The van der Waals surface area contributed by atoms with Crippen LogP contribution >= 0.6 is 22.9 Å². The van der Waals surface area contributed by atoms with Crippen molar-refractivity contribution >= 4 is 34.0 Å². The SMILES string of the molecule is CCCCc1nnc(NC(=O)CCOc2ccc(Cl)cc2)s1. The lowest BCUT2D eigenvalue weighted by molar-refractivity contribution is -0.116. The van der Waals surface area contributed by atoms with E-state index in [1.807, 2.05) is 0 Å². The van der Waals surface area contributed by atoms with Crippen LogP contribution in [0.4, 0.5) is 5.13 Å². The number of hydrogen-bond acceptors (Lipinski definition) is 5. The highest BCUT2D eigenvalue weighted by atomic mass is 35.5. The van der Waals surface area contributed by atoms with Crippen LogP contribution in [0.25, 0.3) is 0 Å². The molecule has 0 saturated heterocycles. The number of anilines is 1. The highest BCUT2D eigenvalue weighted by molar-refractivity contribution is 7.15. The zero-order valence-electron chi connectivity index (χ0n) is 12.3. The van der Waals surface area contributed by atoms with E-state index in [9.17, 15) is 4.79 Å². The highest BCUT2D eigenvalue weighted by Gasteiger charge is 2.08. The predicted octanol–water partition coefficient (Wildman–Crippen LogP) is 3.94. The summed E-state index contributed by atoms with van der Waals surface area (Å²) in [7, 11) is 0. The van der Waals surface area contributed by atoms with E-state index >= 15 is 0 Å². The molecule has 118 valence electrons. The van der Waals surface area contributed by atoms with Gasteiger partial charge in [-0.05, 0) is 30.7 Å². The maximum absolute atomic E-state index is 11.8. The normalized spacial score (nSPS) is 10.5. The molecule has 1 aromatic heterocycles. The van der Waals surface area contributed by atoms with E-state index in [4.69, 9.17) is 16.3 Å². The molecule has 0 unspecified atom stereocenters. The number of ether oxygens (including phenoxy) is 1. The average molecular weight is 340 g/mol. The lowest BCUT2D eigenvalue weighted by atomic mass is 10.3. The van der Waals surface area contributed by atoms with Crippen LogP contribution in [-0.2, 0) is 11.2 Å². The Hall–Kier alpha value is -1.66. The van der Waals surface area contributed by atoms with E-state index in [-0.39, 0.29) is 12.3 Å². The number of unbranched alkanes of at least 4 members (excludes halogenated alkanes) is 1. The number of nitrogens with zero attached hydrogens (tertiary/aromatic N) is 2. The van der Waals surface area contributed by atoms with Gasteiger partial charge < -0.3 is 10.1 Å². The first-order chi connectivity index (χ1) is 10.7. The quantitative estimate of drug-likeness (QED) is 0.791. The van der Waals surface area contributed by atoms with Crippen molar-refractivity contribution in [3.63, 3.8) is 0 Å². The molecule has 5 nitrogen and oxygen atoms in total. The zero-order chi connectivity index (χ0) is 15.8. The Morgan fingerprint density at radius 1 is 1.32 bits per heavy atom. The molecule has 0 aliphatic rings. The smallest absolute Gasteiger partial charge is 0.229 e. The van der Waals surface area contributed by atoms with Crippen LogP contribution in [0.1, 0.15) is 31.2 Å². The molecular weight excluding hydrogens is 322 g/mol. The monoisotopic (exact) mass is 339 g/mol. The number of benzene rings is 1. The molecular formula is C15H18ClN3O2S. The predicted molar refractivity (Wildman–Crippen MR) is 88.7 cm³/mol. The van der Waals surface area contributed by atoms with Gasteiger partial charge in [0, 0.05) is 11.4 Å². The standard InChI is InChI=1S/C15H18ClN3O2S/c1-2-3-4-14-18-19-15(22-14)17-13(20)9-10-21-12-7-5-11(16)6-8-12/h5-8H,2-4,9-10H2,1H3,(H,17,19,20). The van der Waals surface area contributed by atoms with Crippen molar-refractivity contribution in [1.29, 1.82) is 0 Å². The lowest BCUT2D eigenvalue weighted by Crippen LogP contribution is -2.15. The summed E-state index contributed by atoms with van der Waals surface area (Å²) in [6, 6.07) is 7.03. The molecule has 7 heteroatoms. The molecule has 2 rings (SSSR count). The molecule has 0 atom stereocenters. The summed E-state index contributed by atoms with van der Waals surface area (Å²) >= 11 is 7.21. The fourth-order valence-corrected chi connectivity index (χ4v) is 2.63. The Morgan fingerprint density at radius 2 is 2.09 bits per heavy atom. The van der Waals surface area contributed by atoms with E-state index in [0.29, 0.717) is 22.5 Å². The molecule has 0 fully saturated rings. The van der Waals surface area contributed by atoms with Gasteiger partial charge in [-0.2, -0.15) is 0 Å². The van der Waals surface area contributed by atoms with E-state index in [1.165, 1.54) is 11.3 Å². The van der Waals surface area contributed by atoms with Gasteiger partial charge in [-0.15, -0.1) is 10.2 Å². The summed E-state index contributed by atoms with van der Waals surface area (Å²) in [4.78, 5) is 11.8. The molecule has 1 heterocycles. The van der Waals surface area contributed by atoms with Crippen LogP contribution in [-0.4, -0.2) is 22.7 Å². The van der Waals surface area contributed by atoms with Crippen LogP contribution in [0.2, 0.25) is 5.02 Å². The second-order valence-corrected chi connectivity index (χ2v) is 6.20. The van der Waals surface area contributed by atoms with E-state index < -0.39 is 0 Å². The molecule has 0 bridgehead atoms.